The van der Waals surface area contributed by atoms with E-state index in [4.69, 9.17) is 10.5 Å². The van der Waals surface area contributed by atoms with Gasteiger partial charge in [0.05, 0.1) is 17.7 Å². The minimum atomic E-state index is -4.44. The van der Waals surface area contributed by atoms with Gasteiger partial charge in [0.15, 0.2) is 0 Å². The molecular formula is C15H14F3N3O2. The lowest BCUT2D eigenvalue weighted by Gasteiger charge is -2.30. The van der Waals surface area contributed by atoms with E-state index in [-0.39, 0.29) is 17.7 Å². The van der Waals surface area contributed by atoms with Crippen molar-refractivity contribution in [1.29, 1.82) is 0 Å². The number of alkyl halides is 3. The van der Waals surface area contributed by atoms with Gasteiger partial charge in [-0.25, -0.2) is 0 Å². The molecule has 0 bridgehead atoms. The molecule has 1 fully saturated rings. The minimum absolute atomic E-state index is 0.0767. The molecule has 0 spiro atoms. The van der Waals surface area contributed by atoms with Crippen molar-refractivity contribution in [2.24, 2.45) is 16.6 Å². The molecule has 3 rings (SSSR count). The van der Waals surface area contributed by atoms with E-state index in [1.807, 2.05) is 0 Å². The van der Waals surface area contributed by atoms with E-state index < -0.39 is 23.9 Å². The number of halogens is 3. The number of primary amides is 1. The van der Waals surface area contributed by atoms with Gasteiger partial charge in [-0.05, 0) is 24.6 Å². The largest absolute Gasteiger partial charge is 0.465 e. The van der Waals surface area contributed by atoms with Gasteiger partial charge in [-0.2, -0.15) is 13.2 Å². The molecule has 0 aromatic heterocycles. The molecule has 3 atom stereocenters. The molecule has 1 aliphatic heterocycles. The van der Waals surface area contributed by atoms with Crippen LogP contribution >= 0.6 is 0 Å². The van der Waals surface area contributed by atoms with Crippen molar-refractivity contribution in [3.05, 3.63) is 42.2 Å². The van der Waals surface area contributed by atoms with Gasteiger partial charge in [0, 0.05) is 18.4 Å². The van der Waals surface area contributed by atoms with Gasteiger partial charge < -0.3 is 15.4 Å². The molecular weight excluding hydrogens is 311 g/mol. The van der Waals surface area contributed by atoms with E-state index in [1.165, 1.54) is 24.5 Å². The van der Waals surface area contributed by atoms with Crippen LogP contribution in [0.1, 0.15) is 12.0 Å². The van der Waals surface area contributed by atoms with Crippen LogP contribution in [0.5, 0.6) is 5.75 Å². The molecule has 1 heterocycles. The molecule has 1 saturated carbocycles. The van der Waals surface area contributed by atoms with Crippen molar-refractivity contribution >= 4 is 12.1 Å². The maximum Gasteiger partial charge on any atom is 0.416 e. The van der Waals surface area contributed by atoms with Crippen LogP contribution in [0.2, 0.25) is 0 Å². The second kappa shape index (κ2) is 5.60. The number of amides is 1. The molecule has 2 aliphatic rings. The van der Waals surface area contributed by atoms with Crippen LogP contribution in [0.3, 0.4) is 0 Å². The van der Waals surface area contributed by atoms with Crippen LogP contribution in [0.15, 0.2) is 41.7 Å². The third-order valence-corrected chi connectivity index (χ3v) is 3.76. The molecule has 1 aliphatic carbocycles. The first-order chi connectivity index (χ1) is 10.9. The highest BCUT2D eigenvalue weighted by Crippen LogP contribution is 2.38. The third-order valence-electron chi connectivity index (χ3n) is 3.76. The van der Waals surface area contributed by atoms with Crippen molar-refractivity contribution in [3.63, 3.8) is 0 Å². The Bertz CT molecular complexity index is 672. The number of hydrogen-bond donors (Lipinski definition) is 1. The fourth-order valence-corrected chi connectivity index (χ4v) is 2.49. The maximum absolute atomic E-state index is 12.7. The lowest BCUT2D eigenvalue weighted by Crippen LogP contribution is -2.41. The Morgan fingerprint density at radius 2 is 2.17 bits per heavy atom. The number of carbonyl (C=O) groups excluding carboxylic acids is 1. The Balaban J connectivity index is 1.75. The molecule has 1 aromatic rings. The Kier molecular flexibility index (Phi) is 3.75. The quantitative estimate of drug-likeness (QED) is 0.922. The summed E-state index contributed by atoms with van der Waals surface area (Å²) < 4.78 is 43.8. The SMILES string of the molecule is NC(=O)C1CC1N1C=CN=CC1Oc1cccc(C(F)(F)F)c1. The number of carbonyl (C=O) groups is 1. The standard InChI is InChI=1S/C15H14F3N3O2/c16-15(17,18)9-2-1-3-10(6-9)23-13-8-20-4-5-21(13)12-7-11(12)14(19)22/h1-6,8,11-13H,7H2,(H2,19,22). The van der Waals surface area contributed by atoms with Crippen LogP contribution in [0, 0.1) is 5.92 Å². The summed E-state index contributed by atoms with van der Waals surface area (Å²) >= 11 is 0. The predicted molar refractivity (Wildman–Crippen MR) is 76.4 cm³/mol. The van der Waals surface area contributed by atoms with Gasteiger partial charge in [-0.3, -0.25) is 9.79 Å². The first-order valence-electron chi connectivity index (χ1n) is 6.97. The van der Waals surface area contributed by atoms with E-state index in [0.29, 0.717) is 6.42 Å². The van der Waals surface area contributed by atoms with E-state index in [1.54, 1.807) is 11.1 Å². The summed E-state index contributed by atoms with van der Waals surface area (Å²) in [4.78, 5) is 16.9. The van der Waals surface area contributed by atoms with E-state index >= 15 is 0 Å². The lowest BCUT2D eigenvalue weighted by molar-refractivity contribution is -0.137. The average Bonchev–Trinajstić information content (AvgIpc) is 3.28. The molecule has 1 aromatic carbocycles. The molecule has 1 amide bonds. The van der Waals surface area contributed by atoms with Gasteiger partial charge in [-0.1, -0.05) is 6.07 Å². The van der Waals surface area contributed by atoms with Crippen LogP contribution in [-0.2, 0) is 11.0 Å². The fraction of sp³-hybridized carbons (Fsp3) is 0.333. The smallest absolute Gasteiger partial charge is 0.416 e. The summed E-state index contributed by atoms with van der Waals surface area (Å²) in [5.74, 6) is -0.602. The highest BCUT2D eigenvalue weighted by Gasteiger charge is 2.47. The van der Waals surface area contributed by atoms with Gasteiger partial charge in [0.2, 0.25) is 12.1 Å². The Hall–Kier alpha value is -2.51. The second-order valence-electron chi connectivity index (χ2n) is 5.39. The van der Waals surface area contributed by atoms with E-state index in [9.17, 15) is 18.0 Å². The molecule has 3 unspecified atom stereocenters. The zero-order valence-electron chi connectivity index (χ0n) is 11.9. The first kappa shape index (κ1) is 15.4. The zero-order valence-corrected chi connectivity index (χ0v) is 11.9. The molecule has 122 valence electrons. The van der Waals surface area contributed by atoms with E-state index in [0.717, 1.165) is 12.1 Å². The summed E-state index contributed by atoms with van der Waals surface area (Å²) in [6.07, 6.45) is 0.117. The number of rotatable bonds is 4. The van der Waals surface area contributed by atoms with E-state index in [2.05, 4.69) is 4.99 Å². The molecule has 8 heteroatoms. The minimum Gasteiger partial charge on any atom is -0.465 e. The topological polar surface area (TPSA) is 67.9 Å². The monoisotopic (exact) mass is 325 g/mol. The second-order valence-corrected chi connectivity index (χ2v) is 5.39. The predicted octanol–water partition coefficient (Wildman–Crippen LogP) is 2.14. The summed E-state index contributed by atoms with van der Waals surface area (Å²) in [5.41, 5.74) is 4.49. The number of hydrogen-bond acceptors (Lipinski definition) is 4. The first-order valence-corrected chi connectivity index (χ1v) is 6.97. The number of ether oxygens (including phenoxy) is 1. The molecule has 5 nitrogen and oxygen atoms in total. The van der Waals surface area contributed by atoms with Gasteiger partial charge in [0.25, 0.3) is 0 Å². The molecule has 0 saturated heterocycles. The van der Waals surface area contributed by atoms with Crippen molar-refractivity contribution in [2.75, 3.05) is 0 Å². The number of aliphatic imine (C=N–C) groups is 1. The van der Waals surface area contributed by atoms with Gasteiger partial charge in [-0.15, -0.1) is 0 Å². The number of benzene rings is 1. The fourth-order valence-electron chi connectivity index (χ4n) is 2.49. The summed E-state index contributed by atoms with van der Waals surface area (Å²) in [5, 5.41) is 0. The number of nitrogens with zero attached hydrogens (tertiary/aromatic N) is 2. The summed E-state index contributed by atoms with van der Waals surface area (Å²) in [6, 6.07) is 4.51. The Labute approximate surface area is 130 Å². The van der Waals surface area contributed by atoms with Gasteiger partial charge in [0.1, 0.15) is 5.75 Å². The maximum atomic E-state index is 12.7. The molecule has 23 heavy (non-hydrogen) atoms. The third kappa shape index (κ3) is 3.30. The van der Waals surface area contributed by atoms with Crippen LogP contribution in [0.25, 0.3) is 0 Å². The number of nitrogens with two attached hydrogens (primary N) is 1. The zero-order chi connectivity index (χ0) is 16.6. The van der Waals surface area contributed by atoms with Gasteiger partial charge >= 0.3 is 6.18 Å². The van der Waals surface area contributed by atoms with Crippen molar-refractivity contribution in [1.82, 2.24) is 4.90 Å². The van der Waals surface area contributed by atoms with Crippen LogP contribution in [0.4, 0.5) is 13.2 Å². The normalized spacial score (nSPS) is 26.2. The van der Waals surface area contributed by atoms with Crippen molar-refractivity contribution < 1.29 is 22.7 Å². The lowest BCUT2D eigenvalue weighted by atomic mass is 10.2. The Morgan fingerprint density at radius 3 is 2.83 bits per heavy atom. The summed E-state index contributed by atoms with van der Waals surface area (Å²) in [6.45, 7) is 0. The van der Waals surface area contributed by atoms with Crippen molar-refractivity contribution in [2.45, 2.75) is 24.9 Å². The van der Waals surface area contributed by atoms with Crippen LogP contribution < -0.4 is 10.5 Å². The highest BCUT2D eigenvalue weighted by atomic mass is 19.4. The highest BCUT2D eigenvalue weighted by molar-refractivity contribution is 5.80. The molecule has 2 N–H and O–H groups in total. The molecule has 0 radical (unpaired) electrons. The summed E-state index contributed by atoms with van der Waals surface area (Å²) in [7, 11) is 0. The Morgan fingerprint density at radius 1 is 1.39 bits per heavy atom. The van der Waals surface area contributed by atoms with Crippen LogP contribution in [-0.4, -0.2) is 29.3 Å². The van der Waals surface area contributed by atoms with Crippen molar-refractivity contribution in [3.8, 4) is 5.75 Å². The average molecular weight is 325 g/mol.